The molecule has 0 radical (unpaired) electrons. The average Bonchev–Trinajstić information content (AvgIpc) is 3.52. The first-order chi connectivity index (χ1) is 20.3. The molecule has 0 fully saturated rings. The molecule has 3 heterocycles. The molecule has 0 spiro atoms. The van der Waals surface area contributed by atoms with Crippen molar-refractivity contribution in [2.24, 2.45) is 7.05 Å². The van der Waals surface area contributed by atoms with Crippen LogP contribution >= 0.6 is 0 Å². The summed E-state index contributed by atoms with van der Waals surface area (Å²) in [7, 11) is 0.757. The fourth-order valence-electron chi connectivity index (χ4n) is 6.68. The van der Waals surface area contributed by atoms with Gasteiger partial charge in [-0.1, -0.05) is 97.6 Å². The molecule has 5 aromatic carbocycles. The Morgan fingerprint density at radius 3 is 2.12 bits per heavy atom. The second kappa shape index (κ2) is 8.91. The van der Waals surface area contributed by atoms with Gasteiger partial charge in [-0.05, 0) is 42.1 Å². The van der Waals surface area contributed by atoms with E-state index in [1.54, 1.807) is 0 Å². The number of hydrogen-bond donors (Lipinski definition) is 0. The Kier molecular flexibility index (Phi) is 5.32. The quantitative estimate of drug-likeness (QED) is 0.156. The van der Waals surface area contributed by atoms with E-state index in [0.29, 0.717) is 0 Å². The van der Waals surface area contributed by atoms with E-state index in [2.05, 4.69) is 152 Å². The fourth-order valence-corrected chi connectivity index (χ4v) is 7.85. The first-order valence-corrected chi connectivity index (χ1v) is 18.2. The lowest BCUT2D eigenvalue weighted by Gasteiger charge is -2.17. The number of furan rings is 1. The zero-order valence-electron chi connectivity index (χ0n) is 24.7. The molecule has 0 aliphatic heterocycles. The number of aryl methyl sites for hydroxylation is 2. The second-order valence-electron chi connectivity index (χ2n) is 12.6. The minimum absolute atomic E-state index is 0.943. The minimum Gasteiger partial charge on any atom is -0.454 e. The maximum absolute atomic E-state index is 6.80. The van der Waals surface area contributed by atoms with Crippen LogP contribution in [0, 0.1) is 6.92 Å². The molecule has 0 saturated heterocycles. The number of nitrogens with zero attached hydrogens (tertiary/aromatic N) is 2. The van der Waals surface area contributed by atoms with Gasteiger partial charge in [-0.3, -0.25) is 0 Å². The number of benzene rings is 5. The van der Waals surface area contributed by atoms with Crippen LogP contribution in [0.15, 0.2) is 114 Å². The number of aromatic nitrogens is 2. The van der Waals surface area contributed by atoms with Crippen LogP contribution in [0.25, 0.3) is 71.5 Å². The molecule has 42 heavy (non-hydrogen) atoms. The number of hydrogen-bond acceptors (Lipinski definition) is 1. The van der Waals surface area contributed by atoms with Gasteiger partial charge in [0.2, 0.25) is 5.69 Å². The summed E-state index contributed by atoms with van der Waals surface area (Å²) < 4.78 is 11.5. The lowest BCUT2D eigenvalue weighted by molar-refractivity contribution is -0.659. The third-order valence-corrected chi connectivity index (χ3v) is 11.0. The zero-order chi connectivity index (χ0) is 28.7. The van der Waals surface area contributed by atoms with Crippen LogP contribution in [0.1, 0.15) is 5.56 Å². The molecule has 204 valence electrons. The standard InChI is InChI=1S/C38H33N2OSi/c1-24-14-20-31-30-21-15-25-10-6-7-11-28(25)37(30)41-38(31)36(24)35-22-34-32(23-39(35)2)29-12-8-9-13-33(29)40(34)26-16-18-27(19-17-26)42(3,4)5/h6-23H,1-5H3/q+1. The van der Waals surface area contributed by atoms with E-state index in [1.165, 1.54) is 43.6 Å². The maximum atomic E-state index is 6.80. The SMILES string of the molecule is Cc1ccc2c(oc3c4ccccc4ccc23)c1-c1cc2c(c[n+]1C)c1ccccc1n2-c1ccc([Si](C)(C)C)cc1. The van der Waals surface area contributed by atoms with Crippen molar-refractivity contribution in [1.29, 1.82) is 0 Å². The maximum Gasteiger partial charge on any atom is 0.218 e. The van der Waals surface area contributed by atoms with Gasteiger partial charge in [-0.15, -0.1) is 0 Å². The van der Waals surface area contributed by atoms with Gasteiger partial charge in [0.05, 0.1) is 30.1 Å². The molecule has 0 bridgehead atoms. The van der Waals surface area contributed by atoms with Crippen molar-refractivity contribution in [1.82, 2.24) is 4.57 Å². The van der Waals surface area contributed by atoms with Crippen molar-refractivity contribution < 1.29 is 8.98 Å². The highest BCUT2D eigenvalue weighted by atomic mass is 28.3. The predicted octanol–water partition coefficient (Wildman–Crippen LogP) is 9.18. The molecular formula is C38H33N2OSi+. The second-order valence-corrected chi connectivity index (χ2v) is 17.7. The van der Waals surface area contributed by atoms with Crippen LogP contribution in [-0.4, -0.2) is 12.6 Å². The van der Waals surface area contributed by atoms with Gasteiger partial charge in [0.1, 0.15) is 18.2 Å². The third-order valence-electron chi connectivity index (χ3n) is 8.92. The molecule has 0 atom stereocenters. The molecule has 0 N–H and O–H groups in total. The van der Waals surface area contributed by atoms with E-state index in [4.69, 9.17) is 4.42 Å². The molecular weight excluding hydrogens is 529 g/mol. The van der Waals surface area contributed by atoms with Crippen LogP contribution in [0.3, 0.4) is 0 Å². The van der Waals surface area contributed by atoms with Gasteiger partial charge in [0.15, 0.2) is 6.20 Å². The summed E-state index contributed by atoms with van der Waals surface area (Å²) in [6, 6.07) is 37.7. The molecule has 0 aliphatic carbocycles. The number of rotatable bonds is 3. The first kappa shape index (κ1) is 25.1. The topological polar surface area (TPSA) is 21.9 Å². The molecule has 3 nitrogen and oxygen atoms in total. The zero-order valence-corrected chi connectivity index (χ0v) is 25.7. The minimum atomic E-state index is -1.40. The number of pyridine rings is 1. The van der Waals surface area contributed by atoms with Crippen molar-refractivity contribution in [2.45, 2.75) is 26.6 Å². The Morgan fingerprint density at radius 1 is 0.643 bits per heavy atom. The summed E-state index contributed by atoms with van der Waals surface area (Å²) in [5.74, 6) is 0. The van der Waals surface area contributed by atoms with Crippen molar-refractivity contribution in [3.05, 3.63) is 115 Å². The molecule has 0 unspecified atom stereocenters. The van der Waals surface area contributed by atoms with Crippen LogP contribution in [-0.2, 0) is 7.05 Å². The van der Waals surface area contributed by atoms with Gasteiger partial charge in [0.25, 0.3) is 0 Å². The van der Waals surface area contributed by atoms with E-state index in [-0.39, 0.29) is 0 Å². The highest BCUT2D eigenvalue weighted by Gasteiger charge is 2.25. The van der Waals surface area contributed by atoms with Crippen LogP contribution < -0.4 is 9.75 Å². The third kappa shape index (κ3) is 3.61. The Hall–Kier alpha value is -4.67. The molecule has 3 aromatic heterocycles. The van der Waals surface area contributed by atoms with Gasteiger partial charge >= 0.3 is 0 Å². The first-order valence-electron chi connectivity index (χ1n) is 14.7. The smallest absolute Gasteiger partial charge is 0.218 e. The molecule has 8 rings (SSSR count). The molecule has 0 aliphatic rings. The lowest BCUT2D eigenvalue weighted by atomic mass is 9.99. The van der Waals surface area contributed by atoms with Crippen molar-refractivity contribution in [2.75, 3.05) is 0 Å². The summed E-state index contributed by atoms with van der Waals surface area (Å²) in [5.41, 5.74) is 8.98. The molecule has 0 saturated carbocycles. The molecule has 4 heteroatoms. The van der Waals surface area contributed by atoms with E-state index < -0.39 is 8.07 Å². The van der Waals surface area contributed by atoms with Crippen LogP contribution in [0.2, 0.25) is 19.6 Å². The van der Waals surface area contributed by atoms with E-state index >= 15 is 0 Å². The van der Waals surface area contributed by atoms with Crippen LogP contribution in [0.4, 0.5) is 0 Å². The Bertz CT molecular complexity index is 2350. The average molecular weight is 562 g/mol. The summed E-state index contributed by atoms with van der Waals surface area (Å²) in [6.45, 7) is 9.39. The highest BCUT2D eigenvalue weighted by molar-refractivity contribution is 6.88. The van der Waals surface area contributed by atoms with Gasteiger partial charge in [-0.25, -0.2) is 4.57 Å². The van der Waals surface area contributed by atoms with Crippen LogP contribution in [0.5, 0.6) is 0 Å². The predicted molar refractivity (Wildman–Crippen MR) is 180 cm³/mol. The summed E-state index contributed by atoms with van der Waals surface area (Å²) in [4.78, 5) is 0. The monoisotopic (exact) mass is 561 g/mol. The largest absolute Gasteiger partial charge is 0.454 e. The number of para-hydroxylation sites is 1. The van der Waals surface area contributed by atoms with Gasteiger partial charge in [0, 0.05) is 33.3 Å². The molecule has 8 aromatic rings. The Labute approximate surface area is 246 Å². The summed E-state index contributed by atoms with van der Waals surface area (Å²) in [5, 5.41) is 8.62. The van der Waals surface area contributed by atoms with Crippen molar-refractivity contribution >= 4 is 67.8 Å². The Morgan fingerprint density at radius 2 is 1.33 bits per heavy atom. The van der Waals surface area contributed by atoms with E-state index in [1.807, 2.05) is 0 Å². The number of fused-ring (bicyclic) bond motifs is 8. The normalized spacial score (nSPS) is 12.4. The van der Waals surface area contributed by atoms with Crippen molar-refractivity contribution in [3.63, 3.8) is 0 Å². The van der Waals surface area contributed by atoms with E-state index in [9.17, 15) is 0 Å². The fraction of sp³-hybridized carbons (Fsp3) is 0.132. The van der Waals surface area contributed by atoms with E-state index in [0.717, 1.165) is 38.6 Å². The lowest BCUT2D eigenvalue weighted by Crippen LogP contribution is -2.37. The molecule has 0 amide bonds. The Balaban J connectivity index is 1.44. The highest BCUT2D eigenvalue weighted by Crippen LogP contribution is 2.41. The van der Waals surface area contributed by atoms with Gasteiger partial charge in [-0.2, -0.15) is 0 Å². The summed E-state index contributed by atoms with van der Waals surface area (Å²) >= 11 is 0. The van der Waals surface area contributed by atoms with Crippen molar-refractivity contribution in [3.8, 4) is 16.9 Å². The summed E-state index contributed by atoms with van der Waals surface area (Å²) in [6.07, 6.45) is 2.29. The van der Waals surface area contributed by atoms with Gasteiger partial charge < -0.3 is 8.98 Å².